The maximum Gasteiger partial charge on any atom is 0.269 e. The molecule has 2 heterocycles. The molecule has 4 rings (SSSR count). The smallest absolute Gasteiger partial charge is 0.269 e. The maximum atomic E-state index is 13.3. The van der Waals surface area contributed by atoms with Gasteiger partial charge in [-0.2, -0.15) is 4.98 Å². The van der Waals surface area contributed by atoms with Crippen LogP contribution in [0.4, 0.5) is 10.1 Å². The third-order valence-electron chi connectivity index (χ3n) is 4.84. The predicted molar refractivity (Wildman–Crippen MR) is 115 cm³/mol. The van der Waals surface area contributed by atoms with Crippen LogP contribution in [0.1, 0.15) is 11.1 Å². The number of anilines is 1. The quantitative estimate of drug-likeness (QED) is 0.432. The Bertz CT molecular complexity index is 1310. The highest BCUT2D eigenvalue weighted by Crippen LogP contribution is 2.35. The molecule has 154 valence electrons. The number of sulfonamides is 1. The summed E-state index contributed by atoms with van der Waals surface area (Å²) in [6, 6.07) is 12.7. The molecule has 0 amide bonds. The lowest BCUT2D eigenvalue weighted by molar-refractivity contribution is 0.432. The van der Waals surface area contributed by atoms with E-state index in [2.05, 4.69) is 10.1 Å². The summed E-state index contributed by atoms with van der Waals surface area (Å²) in [6.07, 6.45) is 0. The van der Waals surface area contributed by atoms with E-state index in [9.17, 15) is 12.8 Å². The monoisotopic (exact) mass is 443 g/mol. The van der Waals surface area contributed by atoms with Gasteiger partial charge in [-0.05, 0) is 72.8 Å². The molecule has 0 unspecified atom stereocenters. The van der Waals surface area contributed by atoms with E-state index in [4.69, 9.17) is 4.52 Å². The number of thiophene rings is 1. The molecule has 0 radical (unpaired) electrons. The second-order valence-corrected chi connectivity index (χ2v) is 9.64. The number of hydrogen-bond donors (Lipinski definition) is 0. The largest absolute Gasteiger partial charge is 0.333 e. The second-order valence-electron chi connectivity index (χ2n) is 6.79. The van der Waals surface area contributed by atoms with Crippen molar-refractivity contribution in [3.63, 3.8) is 0 Å². The lowest BCUT2D eigenvalue weighted by Gasteiger charge is -2.20. The molecule has 2 aromatic heterocycles. The highest BCUT2D eigenvalue weighted by Gasteiger charge is 2.28. The molecule has 0 saturated heterocycles. The standard InChI is InChI=1S/C21H18FN3O3S2/c1-13-4-9-17(12-14(13)2)25(3)30(26,27)18-10-11-29-19(18)21-23-20(24-28-21)15-5-7-16(22)8-6-15/h4-12H,1-3H3. The first-order chi connectivity index (χ1) is 14.3. The lowest BCUT2D eigenvalue weighted by atomic mass is 10.1. The third kappa shape index (κ3) is 3.61. The van der Waals surface area contributed by atoms with Crippen molar-refractivity contribution in [3.8, 4) is 22.2 Å². The first-order valence-electron chi connectivity index (χ1n) is 9.01. The Labute approximate surface area is 177 Å². The van der Waals surface area contributed by atoms with Crippen molar-refractivity contribution in [1.82, 2.24) is 10.1 Å². The number of nitrogens with zero attached hydrogens (tertiary/aromatic N) is 3. The van der Waals surface area contributed by atoms with Gasteiger partial charge in [-0.15, -0.1) is 11.3 Å². The van der Waals surface area contributed by atoms with Crippen LogP contribution in [0.25, 0.3) is 22.2 Å². The van der Waals surface area contributed by atoms with E-state index in [0.717, 1.165) is 11.1 Å². The molecule has 0 spiro atoms. The molecule has 0 N–H and O–H groups in total. The van der Waals surface area contributed by atoms with Crippen LogP contribution in [-0.2, 0) is 10.0 Å². The molecule has 2 aromatic carbocycles. The van der Waals surface area contributed by atoms with Crippen LogP contribution in [0, 0.1) is 19.7 Å². The summed E-state index contributed by atoms with van der Waals surface area (Å²) < 4.78 is 46.3. The summed E-state index contributed by atoms with van der Waals surface area (Å²) in [5.41, 5.74) is 3.22. The second kappa shape index (κ2) is 7.66. The van der Waals surface area contributed by atoms with Crippen molar-refractivity contribution >= 4 is 27.0 Å². The summed E-state index contributed by atoms with van der Waals surface area (Å²) in [4.78, 5) is 4.75. The van der Waals surface area contributed by atoms with E-state index >= 15 is 0 Å². The minimum absolute atomic E-state index is 0.0857. The minimum Gasteiger partial charge on any atom is -0.333 e. The van der Waals surface area contributed by atoms with Crippen molar-refractivity contribution in [2.45, 2.75) is 18.7 Å². The summed E-state index contributed by atoms with van der Waals surface area (Å²) in [5, 5.41) is 5.57. The van der Waals surface area contributed by atoms with Gasteiger partial charge in [0.05, 0.1) is 5.69 Å². The Hall–Kier alpha value is -3.04. The van der Waals surface area contributed by atoms with Gasteiger partial charge in [-0.3, -0.25) is 4.31 Å². The number of halogens is 1. The highest BCUT2D eigenvalue weighted by molar-refractivity contribution is 7.93. The van der Waals surface area contributed by atoms with Gasteiger partial charge in [0.2, 0.25) is 5.82 Å². The Balaban J connectivity index is 1.70. The van der Waals surface area contributed by atoms with Crippen LogP contribution in [-0.4, -0.2) is 25.6 Å². The highest BCUT2D eigenvalue weighted by atomic mass is 32.2. The van der Waals surface area contributed by atoms with Gasteiger partial charge in [0, 0.05) is 12.6 Å². The Morgan fingerprint density at radius 1 is 1.03 bits per heavy atom. The maximum absolute atomic E-state index is 13.3. The summed E-state index contributed by atoms with van der Waals surface area (Å²) in [7, 11) is -2.34. The molecule has 0 aliphatic heterocycles. The molecular formula is C21H18FN3O3S2. The van der Waals surface area contributed by atoms with Crippen molar-refractivity contribution in [3.05, 3.63) is 70.9 Å². The van der Waals surface area contributed by atoms with E-state index in [1.807, 2.05) is 26.0 Å². The Morgan fingerprint density at radius 3 is 2.47 bits per heavy atom. The fraction of sp³-hybridized carbons (Fsp3) is 0.143. The van der Waals surface area contributed by atoms with Crippen molar-refractivity contribution < 1.29 is 17.3 Å². The fourth-order valence-electron chi connectivity index (χ4n) is 2.90. The van der Waals surface area contributed by atoms with Crippen molar-refractivity contribution in [1.29, 1.82) is 0 Å². The zero-order chi connectivity index (χ0) is 21.5. The minimum atomic E-state index is -3.85. The lowest BCUT2D eigenvalue weighted by Crippen LogP contribution is -2.26. The van der Waals surface area contributed by atoms with E-state index in [-0.39, 0.29) is 22.4 Å². The predicted octanol–water partition coefficient (Wildman–Crippen LogP) is 5.05. The van der Waals surface area contributed by atoms with Gasteiger partial charge < -0.3 is 4.52 Å². The Morgan fingerprint density at radius 2 is 1.77 bits per heavy atom. The molecule has 0 bridgehead atoms. The van der Waals surface area contributed by atoms with Gasteiger partial charge >= 0.3 is 0 Å². The van der Waals surface area contributed by atoms with Crippen molar-refractivity contribution in [2.24, 2.45) is 0 Å². The zero-order valence-electron chi connectivity index (χ0n) is 16.5. The SMILES string of the molecule is Cc1ccc(N(C)S(=O)(=O)c2ccsc2-c2nc(-c3ccc(F)cc3)no2)cc1C. The molecule has 0 fully saturated rings. The van der Waals surface area contributed by atoms with Gasteiger partial charge in [-0.1, -0.05) is 11.2 Å². The number of benzene rings is 2. The molecule has 0 atom stereocenters. The van der Waals surface area contributed by atoms with E-state index in [0.29, 0.717) is 16.1 Å². The fourth-order valence-corrected chi connectivity index (χ4v) is 5.40. The molecule has 0 saturated carbocycles. The van der Waals surface area contributed by atoms with Crippen LogP contribution in [0.2, 0.25) is 0 Å². The molecule has 6 nitrogen and oxygen atoms in total. The van der Waals surface area contributed by atoms with Gasteiger partial charge in [0.15, 0.2) is 0 Å². The Kier molecular flexibility index (Phi) is 5.17. The van der Waals surface area contributed by atoms with Crippen molar-refractivity contribution in [2.75, 3.05) is 11.4 Å². The van der Waals surface area contributed by atoms with Crippen LogP contribution < -0.4 is 4.31 Å². The summed E-state index contributed by atoms with van der Waals surface area (Å²) >= 11 is 1.20. The third-order valence-corrected chi connectivity index (χ3v) is 7.70. The molecule has 9 heteroatoms. The van der Waals surface area contributed by atoms with E-state index in [1.54, 1.807) is 11.4 Å². The average molecular weight is 444 g/mol. The topological polar surface area (TPSA) is 76.3 Å². The number of rotatable bonds is 5. The number of aryl methyl sites for hydroxylation is 2. The normalized spacial score (nSPS) is 11.6. The van der Waals surface area contributed by atoms with Crippen LogP contribution in [0.5, 0.6) is 0 Å². The van der Waals surface area contributed by atoms with Crippen LogP contribution in [0.15, 0.2) is 63.3 Å². The first kappa shape index (κ1) is 20.2. The molecule has 30 heavy (non-hydrogen) atoms. The van der Waals surface area contributed by atoms with Crippen LogP contribution in [0.3, 0.4) is 0 Å². The summed E-state index contributed by atoms with van der Waals surface area (Å²) in [6.45, 7) is 3.91. The first-order valence-corrected chi connectivity index (χ1v) is 11.3. The molecule has 4 aromatic rings. The summed E-state index contributed by atoms with van der Waals surface area (Å²) in [5.74, 6) is -0.0240. The number of aromatic nitrogens is 2. The van der Waals surface area contributed by atoms with Crippen LogP contribution >= 0.6 is 11.3 Å². The molecule has 0 aliphatic rings. The zero-order valence-corrected chi connectivity index (χ0v) is 18.1. The molecular weight excluding hydrogens is 425 g/mol. The van der Waals surface area contributed by atoms with Gasteiger partial charge in [0.1, 0.15) is 15.6 Å². The van der Waals surface area contributed by atoms with E-state index in [1.165, 1.54) is 53.0 Å². The molecule has 0 aliphatic carbocycles. The number of hydrogen-bond acceptors (Lipinski definition) is 6. The average Bonchev–Trinajstić information content (AvgIpc) is 3.39. The van der Waals surface area contributed by atoms with Gasteiger partial charge in [0.25, 0.3) is 15.9 Å². The van der Waals surface area contributed by atoms with Gasteiger partial charge in [-0.25, -0.2) is 12.8 Å². The van der Waals surface area contributed by atoms with E-state index < -0.39 is 10.0 Å².